The fourth-order valence-corrected chi connectivity index (χ4v) is 4.98. The Balaban J connectivity index is 1.83. The van der Waals surface area contributed by atoms with Crippen molar-refractivity contribution in [1.82, 2.24) is 10.2 Å². The lowest BCUT2D eigenvalue weighted by molar-refractivity contribution is -0.140. The summed E-state index contributed by atoms with van der Waals surface area (Å²) in [6, 6.07) is 20.9. The minimum atomic E-state index is -3.87. The second-order valence-corrected chi connectivity index (χ2v) is 11.3. The molecule has 1 atom stereocenters. The van der Waals surface area contributed by atoms with Crippen LogP contribution in [0.2, 0.25) is 0 Å². The molecule has 1 N–H and O–H groups in total. The Labute approximate surface area is 235 Å². The number of benzene rings is 3. The van der Waals surface area contributed by atoms with Crippen LogP contribution >= 0.6 is 0 Å². The number of rotatable bonds is 14. The molecule has 3 rings (SSSR count). The average molecular weight is 570 g/mol. The summed E-state index contributed by atoms with van der Waals surface area (Å²) in [6.07, 6.45) is 2.06. The van der Waals surface area contributed by atoms with E-state index < -0.39 is 34.3 Å². The van der Waals surface area contributed by atoms with Crippen molar-refractivity contribution in [1.29, 1.82) is 0 Å². The summed E-state index contributed by atoms with van der Waals surface area (Å²) in [5.41, 5.74) is 1.89. The zero-order chi connectivity index (χ0) is 29.1. The average Bonchev–Trinajstić information content (AvgIpc) is 2.94. The molecule has 0 saturated carbocycles. The minimum absolute atomic E-state index is 0.0149. The van der Waals surface area contributed by atoms with Crippen LogP contribution in [0, 0.1) is 5.82 Å². The zero-order valence-corrected chi connectivity index (χ0v) is 23.9. The first-order chi connectivity index (χ1) is 19.1. The van der Waals surface area contributed by atoms with E-state index in [9.17, 15) is 22.4 Å². The molecule has 3 aromatic rings. The van der Waals surface area contributed by atoms with Crippen molar-refractivity contribution in [2.24, 2.45) is 0 Å². The first-order valence-electron chi connectivity index (χ1n) is 13.2. The predicted molar refractivity (Wildman–Crippen MR) is 154 cm³/mol. The van der Waals surface area contributed by atoms with Crippen molar-refractivity contribution in [2.45, 2.75) is 45.9 Å². The molecule has 0 aromatic heterocycles. The van der Waals surface area contributed by atoms with Gasteiger partial charge in [-0.25, -0.2) is 12.8 Å². The third kappa shape index (κ3) is 8.81. The van der Waals surface area contributed by atoms with Crippen molar-refractivity contribution in [2.75, 3.05) is 23.7 Å². The SMILES string of the molecule is CCCNC(=O)[C@H](CC)N(Cc1ccc(F)cc1)C(=O)CN(c1ccc(OCc2ccccc2)cc1)S(C)(=O)=O. The van der Waals surface area contributed by atoms with Gasteiger partial charge in [-0.1, -0.05) is 56.3 Å². The molecule has 10 heteroatoms. The highest BCUT2D eigenvalue weighted by Crippen LogP contribution is 2.23. The Kier molecular flexibility index (Phi) is 11.1. The smallest absolute Gasteiger partial charge is 0.244 e. The molecule has 2 amide bonds. The van der Waals surface area contributed by atoms with Crippen LogP contribution in [0.5, 0.6) is 5.75 Å². The van der Waals surface area contributed by atoms with Crippen LogP contribution in [0.25, 0.3) is 0 Å². The van der Waals surface area contributed by atoms with E-state index >= 15 is 0 Å². The van der Waals surface area contributed by atoms with E-state index in [2.05, 4.69) is 5.32 Å². The van der Waals surface area contributed by atoms with Gasteiger partial charge in [-0.2, -0.15) is 0 Å². The van der Waals surface area contributed by atoms with Crippen molar-refractivity contribution in [3.63, 3.8) is 0 Å². The van der Waals surface area contributed by atoms with Crippen molar-refractivity contribution < 1.29 is 27.1 Å². The van der Waals surface area contributed by atoms with Gasteiger partial charge in [0.2, 0.25) is 21.8 Å². The maximum Gasteiger partial charge on any atom is 0.244 e. The summed E-state index contributed by atoms with van der Waals surface area (Å²) >= 11 is 0. The predicted octanol–water partition coefficient (Wildman–Crippen LogP) is 4.50. The second kappa shape index (κ2) is 14.5. The lowest BCUT2D eigenvalue weighted by Crippen LogP contribution is -2.52. The summed E-state index contributed by atoms with van der Waals surface area (Å²) in [5.74, 6) is -0.763. The monoisotopic (exact) mass is 569 g/mol. The number of anilines is 1. The maximum absolute atomic E-state index is 13.7. The summed E-state index contributed by atoms with van der Waals surface area (Å²) in [5, 5.41) is 2.82. The molecule has 0 aliphatic carbocycles. The number of hydrogen-bond donors (Lipinski definition) is 1. The Morgan fingerprint density at radius 1 is 0.925 bits per heavy atom. The van der Waals surface area contributed by atoms with Crippen LogP contribution < -0.4 is 14.4 Å². The number of carbonyl (C=O) groups excluding carboxylic acids is 2. The summed E-state index contributed by atoms with van der Waals surface area (Å²) in [7, 11) is -3.87. The first kappa shape index (κ1) is 30.6. The number of halogens is 1. The molecular weight excluding hydrogens is 533 g/mol. The van der Waals surface area contributed by atoms with Gasteiger partial charge in [0, 0.05) is 13.1 Å². The summed E-state index contributed by atoms with van der Waals surface area (Å²) in [6.45, 7) is 4.00. The third-order valence-electron chi connectivity index (χ3n) is 6.25. The highest BCUT2D eigenvalue weighted by atomic mass is 32.2. The van der Waals surface area contributed by atoms with Crippen molar-refractivity contribution >= 4 is 27.5 Å². The molecular formula is C30H36FN3O5S. The normalized spacial score (nSPS) is 11.9. The van der Waals surface area contributed by atoms with Crippen molar-refractivity contribution in [3.05, 3.63) is 95.8 Å². The lowest BCUT2D eigenvalue weighted by Gasteiger charge is -2.33. The van der Waals surface area contributed by atoms with Crippen LogP contribution in [0.1, 0.15) is 37.8 Å². The Morgan fingerprint density at radius 2 is 1.57 bits per heavy atom. The molecule has 0 heterocycles. The highest BCUT2D eigenvalue weighted by Gasteiger charge is 2.31. The Morgan fingerprint density at radius 3 is 2.15 bits per heavy atom. The highest BCUT2D eigenvalue weighted by molar-refractivity contribution is 7.92. The van der Waals surface area contributed by atoms with E-state index in [1.165, 1.54) is 29.2 Å². The van der Waals surface area contributed by atoms with Gasteiger partial charge in [0.25, 0.3) is 0 Å². The van der Waals surface area contributed by atoms with Gasteiger partial charge in [-0.05, 0) is 60.4 Å². The third-order valence-corrected chi connectivity index (χ3v) is 7.39. The lowest BCUT2D eigenvalue weighted by atomic mass is 10.1. The van der Waals surface area contributed by atoms with Gasteiger partial charge >= 0.3 is 0 Å². The second-order valence-electron chi connectivity index (χ2n) is 9.40. The van der Waals surface area contributed by atoms with Gasteiger partial charge in [-0.3, -0.25) is 13.9 Å². The first-order valence-corrected chi connectivity index (χ1v) is 15.0. The van der Waals surface area contributed by atoms with Crippen LogP contribution in [0.3, 0.4) is 0 Å². The molecule has 8 nitrogen and oxygen atoms in total. The van der Waals surface area contributed by atoms with Gasteiger partial charge in [0.05, 0.1) is 11.9 Å². The van der Waals surface area contributed by atoms with Crippen LogP contribution in [-0.2, 0) is 32.8 Å². The molecule has 40 heavy (non-hydrogen) atoms. The molecule has 0 radical (unpaired) electrons. The molecule has 0 spiro atoms. The summed E-state index contributed by atoms with van der Waals surface area (Å²) < 4.78 is 45.9. The molecule has 214 valence electrons. The van der Waals surface area contributed by atoms with Gasteiger partial charge in [0.1, 0.15) is 30.8 Å². The molecule has 0 saturated heterocycles. The molecule has 0 aliphatic heterocycles. The molecule has 0 bridgehead atoms. The number of sulfonamides is 1. The largest absolute Gasteiger partial charge is 0.489 e. The number of amides is 2. The van der Waals surface area contributed by atoms with Gasteiger partial charge in [0.15, 0.2) is 0 Å². The van der Waals surface area contributed by atoms with E-state index in [0.29, 0.717) is 30.9 Å². The Bertz CT molecular complexity index is 1350. The van der Waals surface area contributed by atoms with Crippen LogP contribution in [-0.4, -0.2) is 50.5 Å². The molecule has 0 fully saturated rings. The van der Waals surface area contributed by atoms with E-state index in [1.807, 2.05) is 37.3 Å². The van der Waals surface area contributed by atoms with E-state index in [0.717, 1.165) is 22.5 Å². The zero-order valence-electron chi connectivity index (χ0n) is 23.0. The van der Waals surface area contributed by atoms with E-state index in [1.54, 1.807) is 31.2 Å². The Hall–Kier alpha value is -3.92. The fourth-order valence-electron chi connectivity index (χ4n) is 4.14. The van der Waals surface area contributed by atoms with E-state index in [-0.39, 0.29) is 18.1 Å². The molecule has 0 aliphatic rings. The number of nitrogens with zero attached hydrogens (tertiary/aromatic N) is 2. The standard InChI is InChI=1S/C30H36FN3O5S/c1-4-19-32-30(36)28(5-2)33(20-23-11-13-25(31)14-12-23)29(35)21-34(40(3,37)38)26-15-17-27(18-16-26)39-22-24-9-7-6-8-10-24/h6-18,28H,4-5,19-22H2,1-3H3,(H,32,36)/t28-/m0/s1. The van der Waals surface area contributed by atoms with Crippen LogP contribution in [0.4, 0.5) is 10.1 Å². The van der Waals surface area contributed by atoms with Crippen molar-refractivity contribution in [3.8, 4) is 5.75 Å². The number of hydrogen-bond acceptors (Lipinski definition) is 5. The fraction of sp³-hybridized carbons (Fsp3) is 0.333. The molecule has 0 unspecified atom stereocenters. The minimum Gasteiger partial charge on any atom is -0.489 e. The number of carbonyl (C=O) groups is 2. The van der Waals surface area contributed by atoms with Gasteiger partial charge < -0.3 is 15.0 Å². The topological polar surface area (TPSA) is 96.0 Å². The van der Waals surface area contributed by atoms with Gasteiger partial charge in [-0.15, -0.1) is 0 Å². The quantitative estimate of drug-likeness (QED) is 0.308. The van der Waals surface area contributed by atoms with Crippen LogP contribution in [0.15, 0.2) is 78.9 Å². The number of nitrogens with one attached hydrogen (secondary N) is 1. The maximum atomic E-state index is 13.7. The molecule has 3 aromatic carbocycles. The summed E-state index contributed by atoms with van der Waals surface area (Å²) in [4.78, 5) is 28.0. The van der Waals surface area contributed by atoms with E-state index in [4.69, 9.17) is 4.74 Å². The number of ether oxygens (including phenoxy) is 1.